The summed E-state index contributed by atoms with van der Waals surface area (Å²) in [5.41, 5.74) is 2.78. The van der Waals surface area contributed by atoms with E-state index in [-0.39, 0.29) is 23.8 Å². The molecule has 34 heavy (non-hydrogen) atoms. The van der Waals surface area contributed by atoms with E-state index >= 15 is 0 Å². The predicted molar refractivity (Wildman–Crippen MR) is 125 cm³/mol. The molecule has 1 amide bonds. The lowest BCUT2D eigenvalue weighted by molar-refractivity contribution is -0.385. The van der Waals surface area contributed by atoms with E-state index in [4.69, 9.17) is 0 Å². The number of hydrogen-bond acceptors (Lipinski definition) is 7. The predicted octanol–water partition coefficient (Wildman–Crippen LogP) is 4.27. The molecule has 0 unspecified atom stereocenters. The molecular formula is C24H21N5O5. The molecule has 0 spiro atoms. The Morgan fingerprint density at radius 1 is 0.912 bits per heavy atom. The molecule has 4 rings (SSSR count). The fourth-order valence-electron chi connectivity index (χ4n) is 3.86. The molecule has 10 nitrogen and oxygen atoms in total. The molecule has 1 aliphatic heterocycles. The highest BCUT2D eigenvalue weighted by Crippen LogP contribution is 2.33. The number of non-ortho nitro benzene ring substituents is 2. The molecule has 0 aliphatic carbocycles. The van der Waals surface area contributed by atoms with Crippen LogP contribution in [0.15, 0.2) is 84.0 Å². The topological polar surface area (TPSA) is 122 Å². The maximum Gasteiger partial charge on any atom is 0.269 e. The van der Waals surface area contributed by atoms with Gasteiger partial charge in [0.05, 0.1) is 22.1 Å². The molecule has 0 bridgehead atoms. The summed E-state index contributed by atoms with van der Waals surface area (Å²) in [5.74, 6) is -0.222. The number of nitro benzene ring substituents is 2. The molecule has 1 aliphatic rings. The number of nitrogens with zero attached hydrogens (tertiary/aromatic N) is 5. The SMILES string of the molecule is C/C(=N/N1C(=O)CN(Cc2ccccc2)[C@@H]1c1ccc([N+](=O)[O-])cc1)c1ccc([N+](=O)[O-])cc1. The minimum absolute atomic E-state index is 0.0356. The number of rotatable bonds is 7. The largest absolute Gasteiger partial charge is 0.271 e. The van der Waals surface area contributed by atoms with Crippen LogP contribution < -0.4 is 0 Å². The van der Waals surface area contributed by atoms with E-state index in [9.17, 15) is 25.0 Å². The van der Waals surface area contributed by atoms with Crippen molar-refractivity contribution >= 4 is 23.0 Å². The van der Waals surface area contributed by atoms with Crippen molar-refractivity contribution in [2.45, 2.75) is 19.6 Å². The molecule has 172 valence electrons. The standard InChI is InChI=1S/C24H21N5O5/c1-17(19-7-11-21(12-8-19)28(31)32)25-27-23(30)16-26(15-18-5-3-2-4-6-18)24(27)20-9-13-22(14-10-20)29(33)34/h2-14,24H,15-16H2,1H3/b25-17-/t24-/m0/s1. The normalized spacial score (nSPS) is 16.6. The van der Waals surface area contributed by atoms with Crippen molar-refractivity contribution in [1.82, 2.24) is 9.91 Å². The third-order valence-electron chi connectivity index (χ3n) is 5.56. The Balaban J connectivity index is 1.69. The average Bonchev–Trinajstić information content (AvgIpc) is 3.14. The Morgan fingerprint density at radius 2 is 1.47 bits per heavy atom. The molecule has 3 aromatic carbocycles. The zero-order valence-corrected chi connectivity index (χ0v) is 18.3. The van der Waals surface area contributed by atoms with Crippen LogP contribution in [-0.4, -0.2) is 37.9 Å². The molecule has 0 N–H and O–H groups in total. The van der Waals surface area contributed by atoms with Gasteiger partial charge in [-0.2, -0.15) is 5.10 Å². The summed E-state index contributed by atoms with van der Waals surface area (Å²) in [5, 5.41) is 28.0. The lowest BCUT2D eigenvalue weighted by Gasteiger charge is -2.28. The number of hydrazone groups is 1. The Bertz CT molecular complexity index is 1240. The minimum atomic E-state index is -0.568. The highest BCUT2D eigenvalue weighted by Gasteiger charge is 2.39. The zero-order valence-electron chi connectivity index (χ0n) is 18.3. The monoisotopic (exact) mass is 459 g/mol. The van der Waals surface area contributed by atoms with E-state index in [0.29, 0.717) is 23.4 Å². The zero-order chi connectivity index (χ0) is 24.2. The molecule has 1 atom stereocenters. The Morgan fingerprint density at radius 3 is 2.03 bits per heavy atom. The van der Waals surface area contributed by atoms with Gasteiger partial charge in [-0.1, -0.05) is 30.3 Å². The first kappa shape index (κ1) is 22.7. The minimum Gasteiger partial charge on any atom is -0.271 e. The third kappa shape index (κ3) is 4.81. The van der Waals surface area contributed by atoms with Crippen molar-refractivity contribution in [3.63, 3.8) is 0 Å². The van der Waals surface area contributed by atoms with E-state index in [1.54, 1.807) is 31.2 Å². The van der Waals surface area contributed by atoms with Crippen LogP contribution in [-0.2, 0) is 11.3 Å². The summed E-state index contributed by atoms with van der Waals surface area (Å²) in [6.45, 7) is 2.33. The number of benzene rings is 3. The van der Waals surface area contributed by atoms with E-state index in [0.717, 1.165) is 5.56 Å². The van der Waals surface area contributed by atoms with Crippen molar-refractivity contribution in [3.8, 4) is 0 Å². The van der Waals surface area contributed by atoms with Gasteiger partial charge in [0.15, 0.2) is 0 Å². The van der Waals surface area contributed by atoms with Gasteiger partial charge in [0, 0.05) is 30.8 Å². The lowest BCUT2D eigenvalue weighted by Crippen LogP contribution is -2.29. The first-order valence-electron chi connectivity index (χ1n) is 10.5. The van der Waals surface area contributed by atoms with Crippen molar-refractivity contribution in [3.05, 3.63) is 116 Å². The second-order valence-corrected chi connectivity index (χ2v) is 7.84. The van der Waals surface area contributed by atoms with E-state index < -0.39 is 16.0 Å². The summed E-state index contributed by atoms with van der Waals surface area (Å²) in [4.78, 5) is 36.0. The number of carbonyl (C=O) groups excluding carboxylic acids is 1. The van der Waals surface area contributed by atoms with Crippen LogP contribution in [0.5, 0.6) is 0 Å². The first-order valence-corrected chi connectivity index (χ1v) is 10.5. The van der Waals surface area contributed by atoms with Gasteiger partial charge in [0.1, 0.15) is 6.17 Å². The van der Waals surface area contributed by atoms with Crippen LogP contribution in [0.1, 0.15) is 29.8 Å². The van der Waals surface area contributed by atoms with Gasteiger partial charge in [-0.3, -0.25) is 29.9 Å². The van der Waals surface area contributed by atoms with Crippen molar-refractivity contribution < 1.29 is 14.6 Å². The number of hydrogen-bond donors (Lipinski definition) is 0. The maximum atomic E-state index is 13.0. The maximum absolute atomic E-state index is 13.0. The number of nitro groups is 2. The number of amides is 1. The van der Waals surface area contributed by atoms with Crippen LogP contribution in [0, 0.1) is 20.2 Å². The molecule has 0 radical (unpaired) electrons. The highest BCUT2D eigenvalue weighted by molar-refractivity contribution is 5.99. The molecule has 0 saturated carbocycles. The van der Waals surface area contributed by atoms with Crippen LogP contribution in [0.2, 0.25) is 0 Å². The summed E-state index contributed by atoms with van der Waals surface area (Å²) in [7, 11) is 0. The Labute approximate surface area is 195 Å². The Hall–Kier alpha value is -4.44. The fraction of sp³-hybridized carbons (Fsp3) is 0.167. The summed E-state index contributed by atoms with van der Waals surface area (Å²) >= 11 is 0. The van der Waals surface area contributed by atoms with Gasteiger partial charge in [-0.05, 0) is 47.9 Å². The van der Waals surface area contributed by atoms with Gasteiger partial charge < -0.3 is 0 Å². The summed E-state index contributed by atoms with van der Waals surface area (Å²) < 4.78 is 0. The van der Waals surface area contributed by atoms with Crippen LogP contribution in [0.3, 0.4) is 0 Å². The van der Waals surface area contributed by atoms with Gasteiger partial charge in [-0.25, -0.2) is 5.01 Å². The molecule has 10 heteroatoms. The number of carbonyl (C=O) groups is 1. The molecule has 1 saturated heterocycles. The summed E-state index contributed by atoms with van der Waals surface area (Å²) in [6.07, 6.45) is -0.568. The quantitative estimate of drug-likeness (QED) is 0.295. The van der Waals surface area contributed by atoms with E-state index in [1.807, 2.05) is 35.2 Å². The van der Waals surface area contributed by atoms with Crippen LogP contribution in [0.4, 0.5) is 11.4 Å². The highest BCUT2D eigenvalue weighted by atomic mass is 16.6. The second kappa shape index (κ2) is 9.59. The first-order chi connectivity index (χ1) is 16.3. The van der Waals surface area contributed by atoms with Crippen LogP contribution in [0.25, 0.3) is 0 Å². The third-order valence-corrected chi connectivity index (χ3v) is 5.56. The average molecular weight is 459 g/mol. The molecule has 3 aromatic rings. The van der Waals surface area contributed by atoms with E-state index in [2.05, 4.69) is 5.10 Å². The fourth-order valence-corrected chi connectivity index (χ4v) is 3.86. The second-order valence-electron chi connectivity index (χ2n) is 7.84. The smallest absolute Gasteiger partial charge is 0.269 e. The Kier molecular flexibility index (Phi) is 6.42. The van der Waals surface area contributed by atoms with Gasteiger partial charge in [0.2, 0.25) is 0 Å². The summed E-state index contributed by atoms with van der Waals surface area (Å²) in [6, 6.07) is 21.7. The van der Waals surface area contributed by atoms with Crippen molar-refractivity contribution in [2.24, 2.45) is 5.10 Å². The van der Waals surface area contributed by atoms with Crippen molar-refractivity contribution in [2.75, 3.05) is 6.54 Å². The van der Waals surface area contributed by atoms with Gasteiger partial charge in [0.25, 0.3) is 17.3 Å². The molecule has 1 fully saturated rings. The van der Waals surface area contributed by atoms with Crippen LogP contribution >= 0.6 is 0 Å². The van der Waals surface area contributed by atoms with Gasteiger partial charge in [-0.15, -0.1) is 0 Å². The molecule has 1 heterocycles. The van der Waals surface area contributed by atoms with Crippen molar-refractivity contribution in [1.29, 1.82) is 0 Å². The van der Waals surface area contributed by atoms with Gasteiger partial charge >= 0.3 is 0 Å². The van der Waals surface area contributed by atoms with E-state index in [1.165, 1.54) is 29.3 Å². The molecule has 0 aromatic heterocycles. The molecular weight excluding hydrogens is 438 g/mol. The lowest BCUT2D eigenvalue weighted by atomic mass is 10.1.